The molecule has 0 amide bonds. The van der Waals surface area contributed by atoms with Gasteiger partial charge in [-0.25, -0.2) is 9.78 Å². The van der Waals surface area contributed by atoms with E-state index in [1.807, 2.05) is 31.2 Å². The number of carbonyl (C=O) groups excluding carboxylic acids is 1. The minimum Gasteiger partial charge on any atom is -0.481 e. The number of fused-ring (bicyclic) bond motifs is 1. The molecule has 0 aliphatic rings. The van der Waals surface area contributed by atoms with Gasteiger partial charge in [-0.1, -0.05) is 24.3 Å². The van der Waals surface area contributed by atoms with Crippen LogP contribution in [0.25, 0.3) is 22.7 Å². The second-order valence-electron chi connectivity index (χ2n) is 5.68. The number of nitrogens with one attached hydrogen (secondary N) is 1. The Morgan fingerprint density at radius 2 is 2.12 bits per heavy atom. The molecule has 0 radical (unpaired) electrons. The first-order valence-corrected chi connectivity index (χ1v) is 7.98. The van der Waals surface area contributed by atoms with Crippen LogP contribution in [-0.4, -0.2) is 29.7 Å². The Bertz CT molecular complexity index is 1030. The molecule has 130 valence electrons. The fraction of sp³-hybridized carbons (Fsp3) is 0.150. The van der Waals surface area contributed by atoms with Crippen molar-refractivity contribution in [1.82, 2.24) is 9.97 Å². The maximum absolute atomic E-state index is 11.3. The molecule has 0 atom stereocenters. The molecule has 0 aliphatic heterocycles. The lowest BCUT2D eigenvalue weighted by atomic mass is 10.1. The van der Waals surface area contributed by atoms with Crippen LogP contribution in [0.4, 0.5) is 0 Å². The number of imidazole rings is 1. The monoisotopic (exact) mass is 347 g/mol. The Morgan fingerprint density at radius 1 is 1.31 bits per heavy atom. The van der Waals surface area contributed by atoms with E-state index in [-0.39, 0.29) is 6.61 Å². The van der Waals surface area contributed by atoms with Gasteiger partial charge >= 0.3 is 5.97 Å². The van der Waals surface area contributed by atoms with Gasteiger partial charge < -0.3 is 14.5 Å². The minimum absolute atomic E-state index is 0.201. The first kappa shape index (κ1) is 17.2. The first-order valence-electron chi connectivity index (χ1n) is 7.98. The molecule has 1 heterocycles. The molecule has 3 aromatic rings. The summed E-state index contributed by atoms with van der Waals surface area (Å²) in [6.07, 6.45) is 1.68. The van der Waals surface area contributed by atoms with Crippen LogP contribution in [0.2, 0.25) is 0 Å². The van der Waals surface area contributed by atoms with E-state index in [4.69, 9.17) is 4.74 Å². The number of aryl methyl sites for hydroxylation is 1. The lowest BCUT2D eigenvalue weighted by Gasteiger charge is -2.08. The highest BCUT2D eigenvalue weighted by molar-refractivity contribution is 5.91. The predicted molar refractivity (Wildman–Crippen MR) is 98.3 cm³/mol. The molecule has 3 rings (SSSR count). The number of carbonyl (C=O) groups is 1. The lowest BCUT2D eigenvalue weighted by molar-refractivity contribution is -0.142. The quantitative estimate of drug-likeness (QED) is 0.564. The Hall–Kier alpha value is -3.59. The van der Waals surface area contributed by atoms with Crippen molar-refractivity contribution in [3.8, 4) is 11.8 Å². The molecule has 0 bridgehead atoms. The summed E-state index contributed by atoms with van der Waals surface area (Å²) >= 11 is 0. The Morgan fingerprint density at radius 3 is 2.88 bits per heavy atom. The van der Waals surface area contributed by atoms with Crippen molar-refractivity contribution in [2.45, 2.75) is 6.92 Å². The van der Waals surface area contributed by atoms with Crippen molar-refractivity contribution in [3.63, 3.8) is 0 Å². The molecule has 0 saturated heterocycles. The van der Waals surface area contributed by atoms with Crippen molar-refractivity contribution in [2.75, 3.05) is 13.7 Å². The summed E-state index contributed by atoms with van der Waals surface area (Å²) in [5.41, 5.74) is 3.81. The average molecular weight is 347 g/mol. The number of nitrogens with zero attached hydrogens (tertiary/aromatic N) is 2. The molecule has 0 spiro atoms. The van der Waals surface area contributed by atoms with Crippen LogP contribution < -0.4 is 4.74 Å². The van der Waals surface area contributed by atoms with Crippen molar-refractivity contribution in [3.05, 3.63) is 59.4 Å². The number of aromatic amines is 1. The van der Waals surface area contributed by atoms with Gasteiger partial charge in [0.25, 0.3) is 0 Å². The predicted octanol–water partition coefficient (Wildman–Crippen LogP) is 3.49. The first-order chi connectivity index (χ1) is 12.6. The number of allylic oxidation sites excluding steroid dienone is 1. The van der Waals surface area contributed by atoms with Gasteiger partial charge in [0, 0.05) is 5.56 Å². The van der Waals surface area contributed by atoms with E-state index in [2.05, 4.69) is 20.8 Å². The van der Waals surface area contributed by atoms with E-state index in [1.54, 1.807) is 24.3 Å². The van der Waals surface area contributed by atoms with E-state index in [1.165, 1.54) is 7.11 Å². The summed E-state index contributed by atoms with van der Waals surface area (Å²) in [6, 6.07) is 15.2. The zero-order chi connectivity index (χ0) is 18.5. The van der Waals surface area contributed by atoms with Crippen molar-refractivity contribution >= 4 is 28.7 Å². The van der Waals surface area contributed by atoms with Crippen LogP contribution in [0.1, 0.15) is 17.0 Å². The molecule has 0 fully saturated rings. The van der Waals surface area contributed by atoms with Crippen LogP contribution in [0.15, 0.2) is 42.5 Å². The minimum atomic E-state index is -0.475. The summed E-state index contributed by atoms with van der Waals surface area (Å²) < 4.78 is 10.1. The van der Waals surface area contributed by atoms with Crippen LogP contribution in [0.3, 0.4) is 0 Å². The summed E-state index contributed by atoms with van der Waals surface area (Å²) in [5.74, 6) is 0.491. The number of benzene rings is 2. The number of H-pyrrole nitrogens is 1. The third-order valence-corrected chi connectivity index (χ3v) is 3.80. The summed E-state index contributed by atoms with van der Waals surface area (Å²) in [5, 5.41) is 9.57. The third kappa shape index (κ3) is 3.73. The number of para-hydroxylation sites is 1. The molecule has 0 aliphatic carbocycles. The number of esters is 1. The van der Waals surface area contributed by atoms with Crippen LogP contribution in [0, 0.1) is 18.3 Å². The van der Waals surface area contributed by atoms with Gasteiger partial charge in [0.15, 0.2) is 6.61 Å². The second-order valence-corrected chi connectivity index (χ2v) is 5.68. The zero-order valence-corrected chi connectivity index (χ0v) is 14.4. The fourth-order valence-electron chi connectivity index (χ4n) is 2.49. The van der Waals surface area contributed by atoms with E-state index < -0.39 is 5.97 Å². The van der Waals surface area contributed by atoms with Gasteiger partial charge in [0.1, 0.15) is 17.6 Å². The van der Waals surface area contributed by atoms with Crippen molar-refractivity contribution < 1.29 is 14.3 Å². The van der Waals surface area contributed by atoms with Gasteiger partial charge in [-0.2, -0.15) is 5.26 Å². The molecule has 6 heteroatoms. The van der Waals surface area contributed by atoms with Crippen LogP contribution >= 0.6 is 0 Å². The van der Waals surface area contributed by atoms with E-state index in [9.17, 15) is 10.1 Å². The van der Waals surface area contributed by atoms with Crippen LogP contribution in [0.5, 0.6) is 5.75 Å². The molecule has 26 heavy (non-hydrogen) atoms. The topological polar surface area (TPSA) is 88.0 Å². The Kier molecular flexibility index (Phi) is 4.99. The number of hydrogen-bond acceptors (Lipinski definition) is 5. The van der Waals surface area contributed by atoms with E-state index >= 15 is 0 Å². The zero-order valence-electron chi connectivity index (χ0n) is 14.4. The molecule has 2 aromatic carbocycles. The summed E-state index contributed by atoms with van der Waals surface area (Å²) in [4.78, 5) is 18.9. The van der Waals surface area contributed by atoms with Gasteiger partial charge in [-0.3, -0.25) is 0 Å². The number of nitriles is 1. The third-order valence-electron chi connectivity index (χ3n) is 3.80. The second kappa shape index (κ2) is 7.53. The maximum atomic E-state index is 11.3. The van der Waals surface area contributed by atoms with E-state index in [0.717, 1.165) is 16.6 Å². The van der Waals surface area contributed by atoms with Crippen LogP contribution in [-0.2, 0) is 9.53 Å². The van der Waals surface area contributed by atoms with Gasteiger partial charge in [0.05, 0.1) is 23.7 Å². The standard InChI is InChI=1S/C20H17N3O3/c1-13-7-8-16-17(9-13)23-20(22-16)15(11-21)10-14-5-3-4-6-18(14)26-12-19(24)25-2/h3-10H,12H2,1-2H3,(H,22,23)/b15-10-. The summed E-state index contributed by atoms with van der Waals surface area (Å²) in [7, 11) is 1.30. The molecular formula is C20H17N3O3. The average Bonchev–Trinajstić information content (AvgIpc) is 3.07. The molecule has 0 saturated carbocycles. The molecule has 0 unspecified atom stereocenters. The highest BCUT2D eigenvalue weighted by Crippen LogP contribution is 2.25. The number of ether oxygens (including phenoxy) is 2. The highest BCUT2D eigenvalue weighted by Gasteiger charge is 2.11. The normalized spacial score (nSPS) is 11.2. The smallest absolute Gasteiger partial charge is 0.343 e. The molecule has 1 N–H and O–H groups in total. The van der Waals surface area contributed by atoms with E-state index in [0.29, 0.717) is 22.7 Å². The highest BCUT2D eigenvalue weighted by atomic mass is 16.6. The molecule has 6 nitrogen and oxygen atoms in total. The van der Waals surface area contributed by atoms with Crippen molar-refractivity contribution in [2.24, 2.45) is 0 Å². The number of hydrogen-bond donors (Lipinski definition) is 1. The molecule has 1 aromatic heterocycles. The Labute approximate surface area is 150 Å². The van der Waals surface area contributed by atoms with Gasteiger partial charge in [-0.15, -0.1) is 0 Å². The lowest BCUT2D eigenvalue weighted by Crippen LogP contribution is -2.12. The van der Waals surface area contributed by atoms with Gasteiger partial charge in [-0.05, 0) is 36.8 Å². The van der Waals surface area contributed by atoms with Gasteiger partial charge in [0.2, 0.25) is 0 Å². The fourth-order valence-corrected chi connectivity index (χ4v) is 2.49. The number of aromatic nitrogens is 2. The van der Waals surface area contributed by atoms with Crippen molar-refractivity contribution in [1.29, 1.82) is 5.26 Å². The number of methoxy groups -OCH3 is 1. The number of rotatable bonds is 5. The summed E-state index contributed by atoms with van der Waals surface area (Å²) in [6.45, 7) is 1.79. The largest absolute Gasteiger partial charge is 0.481 e. The Balaban J connectivity index is 1.96. The molecular weight excluding hydrogens is 330 g/mol. The maximum Gasteiger partial charge on any atom is 0.343 e. The SMILES string of the molecule is COC(=O)COc1ccccc1/C=C(/C#N)c1nc2ccc(C)cc2[nH]1.